The summed E-state index contributed by atoms with van der Waals surface area (Å²) in [4.78, 5) is 2.39. The van der Waals surface area contributed by atoms with Gasteiger partial charge in [0.25, 0.3) is 0 Å². The minimum atomic E-state index is 0.595. The van der Waals surface area contributed by atoms with Gasteiger partial charge in [-0.1, -0.05) is 6.92 Å². The van der Waals surface area contributed by atoms with Gasteiger partial charge >= 0.3 is 0 Å². The molecule has 1 fully saturated rings. The number of rotatable bonds is 6. The SMILES string of the molecule is CCCNC1CCN(c2cc(OC)cc(OC)c2)C1. The van der Waals surface area contributed by atoms with Gasteiger partial charge in [0.15, 0.2) is 0 Å². The van der Waals surface area contributed by atoms with Crippen molar-refractivity contribution >= 4 is 5.69 Å². The van der Waals surface area contributed by atoms with Gasteiger partial charge in [0, 0.05) is 43.0 Å². The van der Waals surface area contributed by atoms with Crippen molar-refractivity contribution in [2.24, 2.45) is 0 Å². The number of methoxy groups -OCH3 is 2. The predicted octanol–water partition coefficient (Wildman–Crippen LogP) is 2.28. The second-order valence-corrected chi connectivity index (χ2v) is 4.96. The van der Waals surface area contributed by atoms with Crippen LogP contribution in [0.25, 0.3) is 0 Å². The highest BCUT2D eigenvalue weighted by Crippen LogP contribution is 2.30. The molecule has 0 bridgehead atoms. The molecule has 1 atom stereocenters. The van der Waals surface area contributed by atoms with Crippen LogP contribution in [0.2, 0.25) is 0 Å². The first-order chi connectivity index (χ1) is 9.26. The Labute approximate surface area is 115 Å². The number of hydrogen-bond donors (Lipinski definition) is 1. The van der Waals surface area contributed by atoms with Crippen LogP contribution < -0.4 is 19.7 Å². The summed E-state index contributed by atoms with van der Waals surface area (Å²) in [7, 11) is 3.38. The molecule has 4 heteroatoms. The molecular weight excluding hydrogens is 240 g/mol. The van der Waals surface area contributed by atoms with Crippen LogP contribution in [0.4, 0.5) is 5.69 Å². The third kappa shape index (κ3) is 3.53. The molecule has 19 heavy (non-hydrogen) atoms. The quantitative estimate of drug-likeness (QED) is 0.854. The Hall–Kier alpha value is -1.42. The molecule has 0 amide bonds. The van der Waals surface area contributed by atoms with E-state index in [1.807, 2.05) is 6.07 Å². The number of hydrogen-bond acceptors (Lipinski definition) is 4. The van der Waals surface area contributed by atoms with Gasteiger partial charge in [0.2, 0.25) is 0 Å². The summed E-state index contributed by atoms with van der Waals surface area (Å²) in [6, 6.07) is 6.65. The van der Waals surface area contributed by atoms with Gasteiger partial charge in [-0.05, 0) is 19.4 Å². The Morgan fingerprint density at radius 1 is 1.21 bits per heavy atom. The highest BCUT2D eigenvalue weighted by molar-refractivity contribution is 5.56. The van der Waals surface area contributed by atoms with Crippen molar-refractivity contribution in [1.82, 2.24) is 5.32 Å². The van der Waals surface area contributed by atoms with Gasteiger partial charge in [0.05, 0.1) is 14.2 Å². The zero-order chi connectivity index (χ0) is 13.7. The Morgan fingerprint density at radius 2 is 1.89 bits per heavy atom. The number of anilines is 1. The Kier molecular flexibility index (Phi) is 4.91. The molecule has 1 heterocycles. The van der Waals surface area contributed by atoms with Crippen LogP contribution in [0.5, 0.6) is 11.5 Å². The largest absolute Gasteiger partial charge is 0.497 e. The van der Waals surface area contributed by atoms with Gasteiger partial charge in [-0.2, -0.15) is 0 Å². The molecule has 1 aromatic carbocycles. The molecule has 0 spiro atoms. The zero-order valence-corrected chi connectivity index (χ0v) is 12.1. The highest BCUT2D eigenvalue weighted by atomic mass is 16.5. The molecule has 1 aromatic rings. The third-order valence-corrected chi connectivity index (χ3v) is 3.57. The summed E-state index contributed by atoms with van der Waals surface area (Å²) in [6.45, 7) is 5.43. The van der Waals surface area contributed by atoms with Gasteiger partial charge < -0.3 is 19.7 Å². The predicted molar refractivity (Wildman–Crippen MR) is 78.5 cm³/mol. The molecule has 106 valence electrons. The topological polar surface area (TPSA) is 33.7 Å². The molecule has 1 saturated heterocycles. The minimum Gasteiger partial charge on any atom is -0.497 e. The molecule has 0 radical (unpaired) electrons. The second-order valence-electron chi connectivity index (χ2n) is 4.96. The van der Waals surface area contributed by atoms with Gasteiger partial charge in [0.1, 0.15) is 11.5 Å². The fourth-order valence-electron chi connectivity index (χ4n) is 2.48. The monoisotopic (exact) mass is 264 g/mol. The summed E-state index contributed by atoms with van der Waals surface area (Å²) in [5.41, 5.74) is 1.18. The Bertz CT molecular complexity index is 387. The zero-order valence-electron chi connectivity index (χ0n) is 12.1. The van der Waals surface area contributed by atoms with E-state index in [-0.39, 0.29) is 0 Å². The summed E-state index contributed by atoms with van der Waals surface area (Å²) in [5.74, 6) is 1.69. The maximum absolute atomic E-state index is 5.33. The van der Waals surface area contributed by atoms with Crippen molar-refractivity contribution in [2.45, 2.75) is 25.8 Å². The smallest absolute Gasteiger partial charge is 0.124 e. The van der Waals surface area contributed by atoms with Crippen LogP contribution in [-0.2, 0) is 0 Å². The number of nitrogens with one attached hydrogen (secondary N) is 1. The normalized spacial score (nSPS) is 18.7. The number of nitrogens with zero attached hydrogens (tertiary/aromatic N) is 1. The molecule has 1 aliphatic heterocycles. The summed E-state index contributed by atoms with van der Waals surface area (Å²) in [6.07, 6.45) is 2.38. The molecule has 0 aromatic heterocycles. The first-order valence-corrected chi connectivity index (χ1v) is 6.98. The average molecular weight is 264 g/mol. The lowest BCUT2D eigenvalue weighted by Gasteiger charge is -2.20. The average Bonchev–Trinajstić information content (AvgIpc) is 2.93. The standard InChI is InChI=1S/C15H24N2O2/c1-4-6-16-12-5-7-17(11-12)13-8-14(18-2)10-15(9-13)19-3/h8-10,12,16H,4-7,11H2,1-3H3. The lowest BCUT2D eigenvalue weighted by atomic mass is 10.2. The van der Waals surface area contributed by atoms with Crippen LogP contribution in [0.15, 0.2) is 18.2 Å². The lowest BCUT2D eigenvalue weighted by molar-refractivity contribution is 0.394. The van der Waals surface area contributed by atoms with Crippen LogP contribution in [0, 0.1) is 0 Å². The van der Waals surface area contributed by atoms with Crippen LogP contribution in [-0.4, -0.2) is 39.9 Å². The summed E-state index contributed by atoms with van der Waals surface area (Å²) >= 11 is 0. The first kappa shape index (κ1) is 14.0. The van der Waals surface area contributed by atoms with Gasteiger partial charge in [-0.3, -0.25) is 0 Å². The third-order valence-electron chi connectivity index (χ3n) is 3.57. The fourth-order valence-corrected chi connectivity index (χ4v) is 2.48. The molecule has 1 aliphatic rings. The van der Waals surface area contributed by atoms with Crippen LogP contribution >= 0.6 is 0 Å². The van der Waals surface area contributed by atoms with Crippen molar-refractivity contribution in [1.29, 1.82) is 0 Å². The van der Waals surface area contributed by atoms with E-state index >= 15 is 0 Å². The van der Waals surface area contributed by atoms with Crippen molar-refractivity contribution in [3.63, 3.8) is 0 Å². The molecule has 4 nitrogen and oxygen atoms in total. The van der Waals surface area contributed by atoms with Gasteiger partial charge in [-0.15, -0.1) is 0 Å². The van der Waals surface area contributed by atoms with E-state index in [4.69, 9.17) is 9.47 Å². The Morgan fingerprint density at radius 3 is 2.47 bits per heavy atom. The summed E-state index contributed by atoms with van der Waals surface area (Å²) in [5, 5.41) is 3.58. The number of ether oxygens (including phenoxy) is 2. The molecule has 1 unspecified atom stereocenters. The minimum absolute atomic E-state index is 0.595. The van der Waals surface area contributed by atoms with E-state index in [0.29, 0.717) is 6.04 Å². The summed E-state index contributed by atoms with van der Waals surface area (Å²) < 4.78 is 10.7. The van der Waals surface area contributed by atoms with E-state index in [1.165, 1.54) is 18.5 Å². The van der Waals surface area contributed by atoms with Gasteiger partial charge in [-0.25, -0.2) is 0 Å². The van der Waals surface area contributed by atoms with E-state index in [2.05, 4.69) is 29.3 Å². The first-order valence-electron chi connectivity index (χ1n) is 6.98. The molecule has 0 aliphatic carbocycles. The van der Waals surface area contributed by atoms with Crippen molar-refractivity contribution in [3.8, 4) is 11.5 Å². The number of benzene rings is 1. The molecular formula is C15H24N2O2. The van der Waals surface area contributed by atoms with E-state index in [1.54, 1.807) is 14.2 Å². The fraction of sp³-hybridized carbons (Fsp3) is 0.600. The molecule has 1 N–H and O–H groups in total. The molecule has 0 saturated carbocycles. The van der Waals surface area contributed by atoms with Crippen LogP contribution in [0.3, 0.4) is 0 Å². The van der Waals surface area contributed by atoms with E-state index < -0.39 is 0 Å². The highest BCUT2D eigenvalue weighted by Gasteiger charge is 2.22. The van der Waals surface area contributed by atoms with Crippen molar-refractivity contribution in [3.05, 3.63) is 18.2 Å². The maximum atomic E-state index is 5.33. The maximum Gasteiger partial charge on any atom is 0.124 e. The van der Waals surface area contributed by atoms with Crippen LogP contribution in [0.1, 0.15) is 19.8 Å². The lowest BCUT2D eigenvalue weighted by Crippen LogP contribution is -2.32. The molecule has 2 rings (SSSR count). The second kappa shape index (κ2) is 6.66. The van der Waals surface area contributed by atoms with Crippen molar-refractivity contribution < 1.29 is 9.47 Å². The van der Waals surface area contributed by atoms with E-state index in [0.717, 1.165) is 31.1 Å². The Balaban J connectivity index is 2.05. The van der Waals surface area contributed by atoms with Crippen molar-refractivity contribution in [2.75, 3.05) is 38.8 Å². The van der Waals surface area contributed by atoms with E-state index in [9.17, 15) is 0 Å².